The number of carbonyl (C=O) groups is 3. The lowest BCUT2D eigenvalue weighted by Crippen LogP contribution is -2.55. The number of anilines is 2. The second kappa shape index (κ2) is 9.76. The van der Waals surface area contributed by atoms with Crippen molar-refractivity contribution in [3.8, 4) is 5.75 Å². The minimum atomic E-state index is -1.51. The third-order valence-corrected chi connectivity index (χ3v) is 5.66. The number of pyridine rings is 1. The molecule has 3 aromatic rings. The predicted molar refractivity (Wildman–Crippen MR) is 123 cm³/mol. The van der Waals surface area contributed by atoms with Crippen LogP contribution >= 0.6 is 11.3 Å². The van der Waals surface area contributed by atoms with Gasteiger partial charge in [-0.1, -0.05) is 12.1 Å². The summed E-state index contributed by atoms with van der Waals surface area (Å²) >= 11 is 1.10. The van der Waals surface area contributed by atoms with E-state index in [2.05, 4.69) is 25.9 Å². The van der Waals surface area contributed by atoms with E-state index >= 15 is 0 Å². The highest BCUT2D eigenvalue weighted by atomic mass is 32.1. The first kappa shape index (κ1) is 23.0. The van der Waals surface area contributed by atoms with Crippen LogP contribution in [-0.4, -0.2) is 51.1 Å². The molecule has 0 saturated carbocycles. The number of amides is 3. The van der Waals surface area contributed by atoms with Crippen molar-refractivity contribution in [2.75, 3.05) is 11.1 Å². The summed E-state index contributed by atoms with van der Waals surface area (Å²) in [6, 6.07) is 5.90. The van der Waals surface area contributed by atoms with Crippen LogP contribution in [0.1, 0.15) is 27.7 Å². The molecule has 34 heavy (non-hydrogen) atoms. The van der Waals surface area contributed by atoms with Crippen molar-refractivity contribution in [2.45, 2.75) is 18.4 Å². The van der Waals surface area contributed by atoms with Crippen molar-refractivity contribution in [3.63, 3.8) is 0 Å². The van der Waals surface area contributed by atoms with Gasteiger partial charge in [0.25, 0.3) is 0 Å². The maximum atomic E-state index is 13.1. The molecule has 3 amide bonds. The van der Waals surface area contributed by atoms with Crippen LogP contribution in [0.25, 0.3) is 0 Å². The van der Waals surface area contributed by atoms with Crippen LogP contribution in [0, 0.1) is 0 Å². The molecule has 0 aliphatic carbocycles. The van der Waals surface area contributed by atoms with Crippen molar-refractivity contribution >= 4 is 47.2 Å². The molecule has 174 valence electrons. The summed E-state index contributed by atoms with van der Waals surface area (Å²) in [4.78, 5) is 45.1. The van der Waals surface area contributed by atoms with Gasteiger partial charge in [-0.2, -0.15) is 0 Å². The van der Waals surface area contributed by atoms with E-state index < -0.39 is 37.0 Å². The molecule has 7 N–H and O–H groups in total. The van der Waals surface area contributed by atoms with Crippen molar-refractivity contribution in [3.05, 3.63) is 64.9 Å². The molecule has 1 aliphatic heterocycles. The number of rotatable bonds is 6. The predicted octanol–water partition coefficient (Wildman–Crippen LogP) is 0.821. The first-order chi connectivity index (χ1) is 16.3. The van der Waals surface area contributed by atoms with E-state index in [1.807, 2.05) is 0 Å². The fourth-order valence-electron chi connectivity index (χ4n) is 3.42. The number of carbonyl (C=O) groups excluding carboxylic acids is 2. The molecule has 12 nitrogen and oxygen atoms in total. The number of nitrogens with one attached hydrogen (secondary N) is 3. The van der Waals surface area contributed by atoms with E-state index in [0.717, 1.165) is 11.3 Å². The Morgan fingerprint density at radius 2 is 2.09 bits per heavy atom. The van der Waals surface area contributed by atoms with Gasteiger partial charge < -0.3 is 36.5 Å². The molecule has 0 radical (unpaired) electrons. The molecule has 1 aromatic carbocycles. The Morgan fingerprint density at radius 1 is 1.26 bits per heavy atom. The lowest BCUT2D eigenvalue weighted by molar-refractivity contribution is -0.123. The normalized spacial score (nSPS) is 15.4. The molecular formula is C20H19BN6O6S. The zero-order chi connectivity index (χ0) is 24.2. The summed E-state index contributed by atoms with van der Waals surface area (Å²) in [6.07, 6.45) is 3.09. The Labute approximate surface area is 197 Å². The summed E-state index contributed by atoms with van der Waals surface area (Å²) in [7, 11) is -1.51. The number of hydrogen-bond acceptors (Lipinski definition) is 9. The molecule has 0 fully saturated rings. The van der Waals surface area contributed by atoms with Crippen LogP contribution < -0.4 is 26.3 Å². The largest absolute Gasteiger partial charge is 0.547 e. The average molecular weight is 482 g/mol. The Kier molecular flexibility index (Phi) is 6.61. The number of nitrogens with two attached hydrogens (primary N) is 1. The fourth-order valence-corrected chi connectivity index (χ4v) is 4.01. The molecule has 0 bridgehead atoms. The molecule has 4 rings (SSSR count). The number of urea groups is 1. The van der Waals surface area contributed by atoms with Gasteiger partial charge in [0, 0.05) is 11.6 Å². The number of hydrogen-bond donors (Lipinski definition) is 6. The maximum Gasteiger partial charge on any atom is 0.547 e. The average Bonchev–Trinajstić information content (AvgIpc) is 3.24. The SMILES string of the molecule is Nc1nc(C(NC(=O)Nc2cccnc2)C(=O)N[C@H]2Cc3cccc(C(=O)O)c3OB2O)cs1. The van der Waals surface area contributed by atoms with Crippen LogP contribution in [0.5, 0.6) is 5.75 Å². The monoisotopic (exact) mass is 482 g/mol. The minimum absolute atomic E-state index is 0.0470. The number of benzene rings is 1. The molecule has 2 aromatic heterocycles. The topological polar surface area (TPSA) is 189 Å². The summed E-state index contributed by atoms with van der Waals surface area (Å²) < 4.78 is 5.41. The molecule has 14 heteroatoms. The second-order valence-electron chi connectivity index (χ2n) is 7.31. The molecular weight excluding hydrogens is 463 g/mol. The third kappa shape index (κ3) is 5.08. The highest BCUT2D eigenvalue weighted by molar-refractivity contribution is 7.13. The standard InChI is InChI=1S/C20H19BN6O6S/c22-19-25-13(9-34-19)15(27-20(31)24-11-4-2-6-23-8-11)17(28)26-14-7-10-3-1-5-12(18(29)30)16(10)33-21(14)32/h1-6,8-9,14-15,32H,7H2,(H2,22,25)(H,26,28)(H,29,30)(H2,24,27,31)/t14-,15?/m0/s1. The number of fused-ring (bicyclic) bond motifs is 1. The van der Waals surface area contributed by atoms with E-state index in [9.17, 15) is 24.5 Å². The lowest BCUT2D eigenvalue weighted by atomic mass is 9.72. The van der Waals surface area contributed by atoms with E-state index in [1.165, 1.54) is 17.6 Å². The van der Waals surface area contributed by atoms with Gasteiger partial charge in [0.05, 0.1) is 29.1 Å². The zero-order valence-electron chi connectivity index (χ0n) is 17.5. The Bertz CT molecular complexity index is 1230. The first-order valence-electron chi connectivity index (χ1n) is 10.0. The third-order valence-electron chi connectivity index (χ3n) is 4.97. The van der Waals surface area contributed by atoms with Crippen LogP contribution in [-0.2, 0) is 11.2 Å². The second-order valence-corrected chi connectivity index (χ2v) is 8.20. The van der Waals surface area contributed by atoms with Crippen LogP contribution in [0.4, 0.5) is 15.6 Å². The van der Waals surface area contributed by atoms with Gasteiger partial charge in [0.2, 0.25) is 5.91 Å². The van der Waals surface area contributed by atoms with Gasteiger partial charge in [-0.3, -0.25) is 9.78 Å². The molecule has 1 unspecified atom stereocenters. The van der Waals surface area contributed by atoms with Gasteiger partial charge in [0.15, 0.2) is 11.2 Å². The van der Waals surface area contributed by atoms with Crippen LogP contribution in [0.2, 0.25) is 0 Å². The Balaban J connectivity index is 1.51. The summed E-state index contributed by atoms with van der Waals surface area (Å²) in [5.74, 6) is -2.73. The van der Waals surface area contributed by atoms with Crippen molar-refractivity contribution in [1.29, 1.82) is 0 Å². The van der Waals surface area contributed by atoms with Gasteiger partial charge in [-0.15, -0.1) is 11.3 Å². The minimum Gasteiger partial charge on any atom is -0.534 e. The first-order valence-corrected chi connectivity index (χ1v) is 10.9. The van der Waals surface area contributed by atoms with Crippen LogP contribution in [0.15, 0.2) is 48.1 Å². The summed E-state index contributed by atoms with van der Waals surface area (Å²) in [5.41, 5.74) is 6.74. The summed E-state index contributed by atoms with van der Waals surface area (Å²) in [5, 5.41) is 29.3. The van der Waals surface area contributed by atoms with E-state index in [0.29, 0.717) is 11.3 Å². The van der Waals surface area contributed by atoms with Crippen molar-refractivity contribution in [1.82, 2.24) is 20.6 Å². The number of thiazole rings is 1. The molecule has 3 heterocycles. The molecule has 0 spiro atoms. The highest BCUT2D eigenvalue weighted by Crippen LogP contribution is 2.30. The van der Waals surface area contributed by atoms with Gasteiger partial charge in [-0.05, 0) is 30.2 Å². The number of carboxylic acid groups (broad SMARTS) is 1. The zero-order valence-corrected chi connectivity index (χ0v) is 18.3. The molecule has 2 atom stereocenters. The molecule has 0 saturated heterocycles. The smallest absolute Gasteiger partial charge is 0.534 e. The van der Waals surface area contributed by atoms with Gasteiger partial charge in [-0.25, -0.2) is 14.6 Å². The van der Waals surface area contributed by atoms with E-state index in [4.69, 9.17) is 10.4 Å². The quantitative estimate of drug-likeness (QED) is 0.276. The van der Waals surface area contributed by atoms with E-state index in [1.54, 1.807) is 30.5 Å². The number of para-hydroxylation sites is 1. The maximum absolute atomic E-state index is 13.1. The van der Waals surface area contributed by atoms with E-state index in [-0.39, 0.29) is 28.6 Å². The Morgan fingerprint density at radius 3 is 2.76 bits per heavy atom. The van der Waals surface area contributed by atoms with Gasteiger partial charge in [0.1, 0.15) is 5.75 Å². The number of nitrogen functional groups attached to an aromatic ring is 1. The number of aromatic nitrogens is 2. The number of aromatic carboxylic acids is 1. The summed E-state index contributed by atoms with van der Waals surface area (Å²) in [6.45, 7) is 0. The number of carboxylic acids is 1. The number of nitrogens with zero attached hydrogens (tertiary/aromatic N) is 2. The van der Waals surface area contributed by atoms with Crippen molar-refractivity contribution in [2.24, 2.45) is 0 Å². The van der Waals surface area contributed by atoms with Crippen LogP contribution in [0.3, 0.4) is 0 Å². The van der Waals surface area contributed by atoms with Gasteiger partial charge >= 0.3 is 19.1 Å². The highest BCUT2D eigenvalue weighted by Gasteiger charge is 2.39. The fraction of sp³-hybridized carbons (Fsp3) is 0.150. The molecule has 1 aliphatic rings. The Hall–Kier alpha value is -4.17. The van der Waals surface area contributed by atoms with Crippen molar-refractivity contribution < 1.29 is 29.2 Å². The lowest BCUT2D eigenvalue weighted by Gasteiger charge is -2.30.